The Balaban J connectivity index is 2.75. The fourth-order valence-corrected chi connectivity index (χ4v) is 1.62. The minimum absolute atomic E-state index is 0.0417. The van der Waals surface area contributed by atoms with Gasteiger partial charge < -0.3 is 15.5 Å². The van der Waals surface area contributed by atoms with Crippen LogP contribution < -0.4 is 16.6 Å². The van der Waals surface area contributed by atoms with Gasteiger partial charge in [0, 0.05) is 23.9 Å². The van der Waals surface area contributed by atoms with Crippen molar-refractivity contribution in [2.24, 2.45) is 5.84 Å². The van der Waals surface area contributed by atoms with Gasteiger partial charge in [-0.2, -0.15) is 0 Å². The summed E-state index contributed by atoms with van der Waals surface area (Å²) < 4.78 is 5.26. The number of nitrogen functional groups attached to an aromatic ring is 1. The predicted molar refractivity (Wildman–Crippen MR) is 74.8 cm³/mol. The van der Waals surface area contributed by atoms with E-state index in [0.717, 1.165) is 12.1 Å². The maximum absolute atomic E-state index is 12.1. The van der Waals surface area contributed by atoms with Gasteiger partial charge in [0.05, 0.1) is 6.61 Å². The zero-order valence-electron chi connectivity index (χ0n) is 11.7. The minimum Gasteiger partial charge on any atom is -0.380 e. The number of hydrogen-bond acceptors (Lipinski definition) is 5. The van der Waals surface area contributed by atoms with Gasteiger partial charge in [-0.15, -0.1) is 0 Å². The first-order valence-electron chi connectivity index (χ1n) is 6.46. The molecule has 0 aliphatic carbocycles. The average molecular weight is 266 g/mol. The highest BCUT2D eigenvalue weighted by Gasteiger charge is 2.12. The Hall–Kier alpha value is -1.66. The fraction of sp³-hybridized carbons (Fsp3) is 0.538. The number of hydrogen-bond donors (Lipinski definition) is 3. The zero-order valence-corrected chi connectivity index (χ0v) is 11.7. The van der Waals surface area contributed by atoms with Crippen molar-refractivity contribution in [2.75, 3.05) is 18.6 Å². The molecule has 0 radical (unpaired) electrons. The molecule has 1 aromatic heterocycles. The highest BCUT2D eigenvalue weighted by Crippen LogP contribution is 2.10. The summed E-state index contributed by atoms with van der Waals surface area (Å²) in [6.45, 7) is 6.93. The number of rotatable bonds is 7. The molecule has 0 spiro atoms. The molecule has 0 bridgehead atoms. The molecule has 0 aliphatic heterocycles. The van der Waals surface area contributed by atoms with E-state index in [9.17, 15) is 4.79 Å². The third-order valence-corrected chi connectivity index (χ3v) is 2.60. The van der Waals surface area contributed by atoms with Crippen LogP contribution in [0.25, 0.3) is 0 Å². The summed E-state index contributed by atoms with van der Waals surface area (Å²) in [5.41, 5.74) is 3.83. The van der Waals surface area contributed by atoms with Crippen LogP contribution in [0, 0.1) is 0 Å². The van der Waals surface area contributed by atoms with E-state index >= 15 is 0 Å². The van der Waals surface area contributed by atoms with Gasteiger partial charge in [0.25, 0.3) is 5.91 Å². The predicted octanol–water partition coefficient (Wildman–Crippen LogP) is 1.08. The standard InChI is InChI=1S/C13H22N4O2/c1-4-11-6-10(7-12(16-11)17-14)13(18)15-9(3)8-19-5-2/h6-7,9H,4-5,8,14H2,1-3H3,(H,15,18)(H,16,17). The highest BCUT2D eigenvalue weighted by molar-refractivity contribution is 5.95. The SMILES string of the molecule is CCOCC(C)NC(=O)c1cc(CC)nc(NN)c1. The summed E-state index contributed by atoms with van der Waals surface area (Å²) in [4.78, 5) is 16.3. The van der Waals surface area contributed by atoms with Crippen LogP contribution in [0.15, 0.2) is 12.1 Å². The van der Waals surface area contributed by atoms with Crippen LogP contribution in [0.4, 0.5) is 5.82 Å². The van der Waals surface area contributed by atoms with E-state index in [-0.39, 0.29) is 11.9 Å². The number of ether oxygens (including phenoxy) is 1. The van der Waals surface area contributed by atoms with E-state index in [0.29, 0.717) is 24.6 Å². The van der Waals surface area contributed by atoms with Crippen LogP contribution in [0.5, 0.6) is 0 Å². The molecule has 1 heterocycles. The number of amides is 1. The van der Waals surface area contributed by atoms with Gasteiger partial charge in [0.2, 0.25) is 0 Å². The summed E-state index contributed by atoms with van der Waals surface area (Å²) in [5.74, 6) is 5.68. The van der Waals surface area contributed by atoms with Crippen molar-refractivity contribution in [2.45, 2.75) is 33.2 Å². The first kappa shape index (κ1) is 15.4. The Kier molecular flexibility index (Phi) is 6.24. The summed E-state index contributed by atoms with van der Waals surface area (Å²) in [6.07, 6.45) is 0.740. The Morgan fingerprint density at radius 2 is 2.21 bits per heavy atom. The quantitative estimate of drug-likeness (QED) is 0.507. The van der Waals surface area contributed by atoms with Gasteiger partial charge in [-0.05, 0) is 32.4 Å². The van der Waals surface area contributed by atoms with Crippen LogP contribution in [0.1, 0.15) is 36.8 Å². The molecular weight excluding hydrogens is 244 g/mol. The van der Waals surface area contributed by atoms with Crippen LogP contribution in [0.2, 0.25) is 0 Å². The van der Waals surface area contributed by atoms with E-state index in [2.05, 4.69) is 15.7 Å². The third-order valence-electron chi connectivity index (χ3n) is 2.60. The zero-order chi connectivity index (χ0) is 14.3. The van der Waals surface area contributed by atoms with Crippen molar-refractivity contribution in [1.82, 2.24) is 10.3 Å². The average Bonchev–Trinajstić information content (AvgIpc) is 2.44. The van der Waals surface area contributed by atoms with Crippen LogP contribution >= 0.6 is 0 Å². The van der Waals surface area contributed by atoms with Gasteiger partial charge in [-0.3, -0.25) is 4.79 Å². The maximum atomic E-state index is 12.1. The highest BCUT2D eigenvalue weighted by atomic mass is 16.5. The van der Waals surface area contributed by atoms with Gasteiger partial charge in [0.1, 0.15) is 5.82 Å². The number of nitrogens with two attached hydrogens (primary N) is 1. The molecule has 0 saturated carbocycles. The molecule has 106 valence electrons. The number of nitrogens with zero attached hydrogens (tertiary/aromatic N) is 1. The number of hydrazine groups is 1. The third kappa shape index (κ3) is 4.84. The molecule has 0 aliphatic rings. The number of aromatic nitrogens is 1. The summed E-state index contributed by atoms with van der Waals surface area (Å²) in [6, 6.07) is 3.35. The van der Waals surface area contributed by atoms with Crippen molar-refractivity contribution in [3.8, 4) is 0 Å². The second kappa shape index (κ2) is 7.70. The van der Waals surface area contributed by atoms with Crippen LogP contribution in [-0.4, -0.2) is 30.1 Å². The maximum Gasteiger partial charge on any atom is 0.251 e. The van der Waals surface area contributed by atoms with E-state index in [1.54, 1.807) is 12.1 Å². The van der Waals surface area contributed by atoms with Crippen molar-refractivity contribution in [1.29, 1.82) is 0 Å². The Morgan fingerprint density at radius 1 is 1.47 bits per heavy atom. The molecule has 1 rings (SSSR count). The molecular formula is C13H22N4O2. The lowest BCUT2D eigenvalue weighted by Gasteiger charge is -2.14. The van der Waals surface area contributed by atoms with Crippen molar-refractivity contribution in [3.63, 3.8) is 0 Å². The van der Waals surface area contributed by atoms with Gasteiger partial charge in [-0.1, -0.05) is 6.92 Å². The lowest BCUT2D eigenvalue weighted by atomic mass is 10.1. The molecule has 0 aromatic carbocycles. The molecule has 1 aromatic rings. The minimum atomic E-state index is -0.152. The van der Waals surface area contributed by atoms with Crippen LogP contribution in [-0.2, 0) is 11.2 Å². The molecule has 1 atom stereocenters. The van der Waals surface area contributed by atoms with Gasteiger partial charge >= 0.3 is 0 Å². The summed E-state index contributed by atoms with van der Waals surface area (Å²) >= 11 is 0. The number of pyridine rings is 1. The lowest BCUT2D eigenvalue weighted by molar-refractivity contribution is 0.0872. The Bertz CT molecular complexity index is 401. The molecule has 0 saturated heterocycles. The number of nitrogens with one attached hydrogen (secondary N) is 2. The van der Waals surface area contributed by atoms with Crippen molar-refractivity contribution < 1.29 is 9.53 Å². The summed E-state index contributed by atoms with van der Waals surface area (Å²) in [7, 11) is 0. The number of carbonyl (C=O) groups excluding carboxylic acids is 1. The number of carbonyl (C=O) groups is 1. The fourth-order valence-electron chi connectivity index (χ4n) is 1.62. The molecule has 0 fully saturated rings. The van der Waals surface area contributed by atoms with Crippen molar-refractivity contribution in [3.05, 3.63) is 23.4 Å². The first-order chi connectivity index (χ1) is 9.10. The Labute approximate surface area is 113 Å². The molecule has 1 amide bonds. The number of aryl methyl sites for hydroxylation is 1. The smallest absolute Gasteiger partial charge is 0.251 e. The largest absolute Gasteiger partial charge is 0.380 e. The second-order valence-corrected chi connectivity index (χ2v) is 4.26. The van der Waals surface area contributed by atoms with E-state index in [4.69, 9.17) is 10.6 Å². The Morgan fingerprint density at radius 3 is 2.79 bits per heavy atom. The van der Waals surface area contributed by atoms with Gasteiger partial charge in [0.15, 0.2) is 0 Å². The lowest BCUT2D eigenvalue weighted by Crippen LogP contribution is -2.36. The van der Waals surface area contributed by atoms with E-state index < -0.39 is 0 Å². The molecule has 4 N–H and O–H groups in total. The van der Waals surface area contributed by atoms with Crippen LogP contribution in [0.3, 0.4) is 0 Å². The molecule has 6 nitrogen and oxygen atoms in total. The topological polar surface area (TPSA) is 89.3 Å². The molecule has 19 heavy (non-hydrogen) atoms. The van der Waals surface area contributed by atoms with E-state index in [1.807, 2.05) is 20.8 Å². The molecule has 1 unspecified atom stereocenters. The van der Waals surface area contributed by atoms with E-state index in [1.165, 1.54) is 0 Å². The summed E-state index contributed by atoms with van der Waals surface area (Å²) in [5, 5.41) is 2.87. The van der Waals surface area contributed by atoms with Gasteiger partial charge in [-0.25, -0.2) is 10.8 Å². The molecule has 6 heteroatoms. The van der Waals surface area contributed by atoms with Crippen molar-refractivity contribution >= 4 is 11.7 Å². The first-order valence-corrected chi connectivity index (χ1v) is 6.46. The normalized spacial score (nSPS) is 12.0. The second-order valence-electron chi connectivity index (χ2n) is 4.26. The number of anilines is 1. The monoisotopic (exact) mass is 266 g/mol.